The summed E-state index contributed by atoms with van der Waals surface area (Å²) in [6.07, 6.45) is 2.85. The number of benzene rings is 1. The van der Waals surface area contributed by atoms with Gasteiger partial charge >= 0.3 is 0 Å². The number of anilines is 1. The number of halogens is 1. The predicted molar refractivity (Wildman–Crippen MR) is 103 cm³/mol. The number of hydrogen-bond acceptors (Lipinski definition) is 4. The molecule has 1 unspecified atom stereocenters. The lowest BCUT2D eigenvalue weighted by molar-refractivity contribution is 0.102. The molecular formula is C19H21ClN6O. The van der Waals surface area contributed by atoms with Crippen molar-refractivity contribution in [2.75, 3.05) is 5.32 Å². The molecule has 7 nitrogen and oxygen atoms in total. The first kappa shape index (κ1) is 17.7. The van der Waals surface area contributed by atoms with Crippen molar-refractivity contribution in [1.29, 1.82) is 0 Å². The van der Waals surface area contributed by atoms with Gasteiger partial charge in [-0.25, -0.2) is 4.68 Å². The summed E-state index contributed by atoms with van der Waals surface area (Å²) in [5.74, 6) is 0.933. The average Bonchev–Trinajstić information content (AvgIpc) is 3.15. The fourth-order valence-electron chi connectivity index (χ4n) is 3.75. The van der Waals surface area contributed by atoms with Crippen molar-refractivity contribution in [3.05, 3.63) is 57.6 Å². The molecule has 2 aromatic heterocycles. The molecule has 0 radical (unpaired) electrons. The van der Waals surface area contributed by atoms with Gasteiger partial charge in [0.15, 0.2) is 0 Å². The van der Waals surface area contributed by atoms with E-state index in [1.807, 2.05) is 23.3 Å². The van der Waals surface area contributed by atoms with Crippen LogP contribution >= 0.6 is 11.6 Å². The molecule has 4 rings (SSSR count). The van der Waals surface area contributed by atoms with E-state index in [4.69, 9.17) is 11.6 Å². The number of carbonyl (C=O) groups excluding carboxylic acids is 1. The lowest BCUT2D eigenvalue weighted by Crippen LogP contribution is -2.21. The molecule has 1 aliphatic rings. The molecule has 0 aliphatic carbocycles. The van der Waals surface area contributed by atoms with Crippen molar-refractivity contribution in [3.63, 3.8) is 0 Å². The maximum atomic E-state index is 12.5. The Kier molecular flexibility index (Phi) is 4.47. The Morgan fingerprint density at radius 1 is 1.30 bits per heavy atom. The van der Waals surface area contributed by atoms with E-state index < -0.39 is 0 Å². The fraction of sp³-hybridized carbons (Fsp3) is 0.368. The van der Waals surface area contributed by atoms with Crippen LogP contribution < -0.4 is 5.32 Å². The van der Waals surface area contributed by atoms with Crippen molar-refractivity contribution in [3.8, 4) is 0 Å². The number of hydrogen-bond donors (Lipinski definition) is 1. The van der Waals surface area contributed by atoms with Gasteiger partial charge in [-0.1, -0.05) is 17.7 Å². The molecule has 3 heterocycles. The highest BCUT2D eigenvalue weighted by Crippen LogP contribution is 2.33. The molecule has 3 aromatic rings. The Hall–Kier alpha value is -2.67. The summed E-state index contributed by atoms with van der Waals surface area (Å²) < 4.78 is 3.84. The number of aromatic nitrogens is 5. The minimum absolute atomic E-state index is 0.0896. The summed E-state index contributed by atoms with van der Waals surface area (Å²) in [4.78, 5) is 17.0. The van der Waals surface area contributed by atoms with Gasteiger partial charge < -0.3 is 0 Å². The molecule has 27 heavy (non-hydrogen) atoms. The predicted octanol–water partition coefficient (Wildman–Crippen LogP) is 3.46. The summed E-state index contributed by atoms with van der Waals surface area (Å²) in [5.41, 5.74) is 3.81. The largest absolute Gasteiger partial charge is 0.289 e. The number of amides is 1. The molecule has 0 bridgehead atoms. The molecule has 0 saturated carbocycles. The van der Waals surface area contributed by atoms with Gasteiger partial charge in [-0.2, -0.15) is 10.1 Å². The Labute approximate surface area is 162 Å². The van der Waals surface area contributed by atoms with E-state index >= 15 is 0 Å². The van der Waals surface area contributed by atoms with Crippen LogP contribution in [0.2, 0.25) is 5.02 Å². The first-order valence-electron chi connectivity index (χ1n) is 8.96. The van der Waals surface area contributed by atoms with Gasteiger partial charge in [0.2, 0.25) is 5.95 Å². The monoisotopic (exact) mass is 384 g/mol. The van der Waals surface area contributed by atoms with Crippen LogP contribution in [0, 0.1) is 13.8 Å². The van der Waals surface area contributed by atoms with Gasteiger partial charge in [-0.15, -0.1) is 5.10 Å². The third-order valence-corrected chi connectivity index (χ3v) is 5.32. The maximum Gasteiger partial charge on any atom is 0.258 e. The second-order valence-corrected chi connectivity index (χ2v) is 7.31. The van der Waals surface area contributed by atoms with Gasteiger partial charge in [0.25, 0.3) is 5.91 Å². The number of aryl methyl sites for hydroxylation is 3. The van der Waals surface area contributed by atoms with E-state index in [9.17, 15) is 4.79 Å². The molecule has 0 spiro atoms. The minimum Gasteiger partial charge on any atom is -0.289 e. The van der Waals surface area contributed by atoms with Crippen LogP contribution in [0.25, 0.3) is 0 Å². The highest BCUT2D eigenvalue weighted by atomic mass is 35.5. The SMILES string of the molecule is Cc1nn(C)c(C)c1C1CCCc2nc(NC(=O)c3cccc(Cl)c3)nn21. The molecule has 1 atom stereocenters. The molecule has 1 N–H and O–H groups in total. The van der Waals surface area contributed by atoms with E-state index in [2.05, 4.69) is 27.4 Å². The molecule has 0 saturated heterocycles. The molecule has 1 aliphatic heterocycles. The topological polar surface area (TPSA) is 77.6 Å². The molecule has 1 amide bonds. The second-order valence-electron chi connectivity index (χ2n) is 6.88. The zero-order valence-corrected chi connectivity index (χ0v) is 16.3. The van der Waals surface area contributed by atoms with Gasteiger partial charge in [-0.05, 0) is 44.9 Å². The summed E-state index contributed by atoms with van der Waals surface area (Å²) in [7, 11) is 1.95. The second kappa shape index (κ2) is 6.81. The van der Waals surface area contributed by atoms with E-state index in [1.165, 1.54) is 5.56 Å². The molecule has 0 fully saturated rings. The Morgan fingerprint density at radius 2 is 2.11 bits per heavy atom. The van der Waals surface area contributed by atoms with E-state index in [0.29, 0.717) is 16.5 Å². The van der Waals surface area contributed by atoms with E-state index in [1.54, 1.807) is 24.3 Å². The van der Waals surface area contributed by atoms with Gasteiger partial charge in [-0.3, -0.25) is 14.8 Å². The molecule has 1 aromatic carbocycles. The van der Waals surface area contributed by atoms with Crippen molar-refractivity contribution >= 4 is 23.5 Å². The highest BCUT2D eigenvalue weighted by molar-refractivity contribution is 6.31. The average molecular weight is 385 g/mol. The summed E-state index contributed by atoms with van der Waals surface area (Å²) >= 11 is 5.97. The molecule has 8 heteroatoms. The normalized spacial score (nSPS) is 16.2. The van der Waals surface area contributed by atoms with Crippen LogP contribution in [0.4, 0.5) is 5.95 Å². The maximum absolute atomic E-state index is 12.5. The molecule has 140 valence electrons. The summed E-state index contributed by atoms with van der Waals surface area (Å²) in [5, 5.41) is 12.4. The number of carbonyl (C=O) groups is 1. The van der Waals surface area contributed by atoms with Gasteiger partial charge in [0.1, 0.15) is 5.82 Å². The number of fused-ring (bicyclic) bond motifs is 1. The lowest BCUT2D eigenvalue weighted by Gasteiger charge is -2.23. The minimum atomic E-state index is -0.272. The van der Waals surface area contributed by atoms with Gasteiger partial charge in [0, 0.05) is 35.3 Å². The lowest BCUT2D eigenvalue weighted by atomic mass is 9.96. The number of nitrogens with one attached hydrogen (secondary N) is 1. The zero-order chi connectivity index (χ0) is 19.1. The van der Waals surface area contributed by atoms with Crippen LogP contribution in [-0.2, 0) is 13.5 Å². The van der Waals surface area contributed by atoms with Crippen molar-refractivity contribution in [2.45, 2.75) is 39.2 Å². The zero-order valence-electron chi connectivity index (χ0n) is 15.5. The Morgan fingerprint density at radius 3 is 2.81 bits per heavy atom. The first-order valence-corrected chi connectivity index (χ1v) is 9.34. The van der Waals surface area contributed by atoms with Crippen molar-refractivity contribution in [1.82, 2.24) is 24.5 Å². The smallest absolute Gasteiger partial charge is 0.258 e. The summed E-state index contributed by atoms with van der Waals surface area (Å²) in [6, 6.07) is 6.90. The standard InChI is InChI=1S/C19H21ClN6O/c1-11-17(12(2)25(3)23-11)15-8-5-9-16-21-19(24-26(15)16)22-18(27)13-6-4-7-14(20)10-13/h4,6-7,10,15H,5,8-9H2,1-3H3,(H,22,24,27). The van der Waals surface area contributed by atoms with E-state index in [-0.39, 0.29) is 11.9 Å². The number of rotatable bonds is 3. The Bertz CT molecular complexity index is 1020. The first-order chi connectivity index (χ1) is 12.9. The molecular weight excluding hydrogens is 364 g/mol. The summed E-state index contributed by atoms with van der Waals surface area (Å²) in [6.45, 7) is 4.09. The van der Waals surface area contributed by atoms with Gasteiger partial charge in [0.05, 0.1) is 11.7 Å². The van der Waals surface area contributed by atoms with E-state index in [0.717, 1.165) is 36.5 Å². The van der Waals surface area contributed by atoms with Crippen molar-refractivity contribution in [2.24, 2.45) is 7.05 Å². The fourth-order valence-corrected chi connectivity index (χ4v) is 3.94. The van der Waals surface area contributed by atoms with Crippen LogP contribution in [0.15, 0.2) is 24.3 Å². The van der Waals surface area contributed by atoms with Crippen LogP contribution in [0.1, 0.15) is 52.0 Å². The third-order valence-electron chi connectivity index (χ3n) is 5.09. The van der Waals surface area contributed by atoms with Crippen LogP contribution in [0.3, 0.4) is 0 Å². The van der Waals surface area contributed by atoms with Crippen LogP contribution in [0.5, 0.6) is 0 Å². The van der Waals surface area contributed by atoms with Crippen LogP contribution in [-0.4, -0.2) is 30.5 Å². The quantitative estimate of drug-likeness (QED) is 0.750. The number of nitrogens with zero attached hydrogens (tertiary/aromatic N) is 5. The van der Waals surface area contributed by atoms with Crippen molar-refractivity contribution < 1.29 is 4.79 Å². The Balaban J connectivity index is 1.64. The highest BCUT2D eigenvalue weighted by Gasteiger charge is 2.29. The third kappa shape index (κ3) is 3.23.